The summed E-state index contributed by atoms with van der Waals surface area (Å²) in [6.45, 7) is 3.71. The van der Waals surface area contributed by atoms with Gasteiger partial charge in [0.15, 0.2) is 0 Å². The summed E-state index contributed by atoms with van der Waals surface area (Å²) in [5.41, 5.74) is 1.46. The minimum atomic E-state index is 1.14. The van der Waals surface area contributed by atoms with Gasteiger partial charge in [0, 0.05) is 6.54 Å². The van der Waals surface area contributed by atoms with E-state index in [1.807, 2.05) is 0 Å². The predicted molar refractivity (Wildman–Crippen MR) is 69.4 cm³/mol. The number of hydrogen-bond acceptors (Lipinski definition) is 1. The molecule has 0 radical (unpaired) electrons. The van der Waals surface area contributed by atoms with Gasteiger partial charge >= 0.3 is 0 Å². The van der Waals surface area contributed by atoms with Crippen molar-refractivity contribution in [3.8, 4) is 0 Å². The van der Waals surface area contributed by atoms with Crippen LogP contribution in [0.4, 0.5) is 0 Å². The number of hydrogen-bond donors (Lipinski definition) is 0. The topological polar surface area (TPSA) is 3.24 Å². The van der Waals surface area contributed by atoms with Gasteiger partial charge in [-0.1, -0.05) is 56.0 Å². The zero-order chi connectivity index (χ0) is 11.1. The zero-order valence-electron chi connectivity index (χ0n) is 10.2. The van der Waals surface area contributed by atoms with Crippen LogP contribution >= 0.6 is 0 Å². The van der Waals surface area contributed by atoms with Gasteiger partial charge in [-0.2, -0.15) is 0 Å². The SMILES string of the molecule is c1ccc(CN2CCCCCCCC2)cc1. The summed E-state index contributed by atoms with van der Waals surface area (Å²) in [4.78, 5) is 2.63. The highest BCUT2D eigenvalue weighted by Crippen LogP contribution is 2.13. The van der Waals surface area contributed by atoms with Crippen molar-refractivity contribution in [1.29, 1.82) is 0 Å². The van der Waals surface area contributed by atoms with E-state index in [9.17, 15) is 0 Å². The Morgan fingerprint density at radius 1 is 0.750 bits per heavy atom. The Morgan fingerprint density at radius 3 is 1.94 bits per heavy atom. The Bertz CT molecular complexity index is 271. The van der Waals surface area contributed by atoms with E-state index >= 15 is 0 Å². The highest BCUT2D eigenvalue weighted by atomic mass is 15.1. The Kier molecular flexibility index (Phi) is 4.88. The van der Waals surface area contributed by atoms with Crippen LogP contribution in [-0.4, -0.2) is 18.0 Å². The third kappa shape index (κ3) is 3.97. The van der Waals surface area contributed by atoms with Crippen LogP contribution in [0.3, 0.4) is 0 Å². The predicted octanol–water partition coefficient (Wildman–Crippen LogP) is 3.84. The fourth-order valence-corrected chi connectivity index (χ4v) is 2.49. The number of benzene rings is 1. The summed E-state index contributed by atoms with van der Waals surface area (Å²) in [6, 6.07) is 10.9. The maximum absolute atomic E-state index is 2.63. The first-order valence-corrected chi connectivity index (χ1v) is 6.71. The summed E-state index contributed by atoms with van der Waals surface area (Å²) in [5.74, 6) is 0. The molecule has 1 aromatic rings. The smallest absolute Gasteiger partial charge is 0.0233 e. The molecule has 1 nitrogen and oxygen atoms in total. The molecule has 2 rings (SSSR count). The Morgan fingerprint density at radius 2 is 1.31 bits per heavy atom. The van der Waals surface area contributed by atoms with Crippen LogP contribution in [0.25, 0.3) is 0 Å². The third-order valence-electron chi connectivity index (χ3n) is 3.45. The van der Waals surface area contributed by atoms with Crippen molar-refractivity contribution in [2.24, 2.45) is 0 Å². The Labute approximate surface area is 99.5 Å². The molecule has 88 valence electrons. The van der Waals surface area contributed by atoms with Crippen LogP contribution in [0.1, 0.15) is 44.1 Å². The summed E-state index contributed by atoms with van der Waals surface area (Å²) >= 11 is 0. The van der Waals surface area contributed by atoms with E-state index in [4.69, 9.17) is 0 Å². The second-order valence-electron chi connectivity index (χ2n) is 4.88. The molecule has 1 heteroatoms. The van der Waals surface area contributed by atoms with Crippen LogP contribution in [-0.2, 0) is 6.54 Å². The van der Waals surface area contributed by atoms with Gasteiger partial charge in [-0.05, 0) is 31.5 Å². The van der Waals surface area contributed by atoms with E-state index in [-0.39, 0.29) is 0 Å². The van der Waals surface area contributed by atoms with Gasteiger partial charge in [0.25, 0.3) is 0 Å². The van der Waals surface area contributed by atoms with Crippen molar-refractivity contribution in [2.75, 3.05) is 13.1 Å². The fraction of sp³-hybridized carbons (Fsp3) is 0.600. The molecule has 1 aliphatic heterocycles. The van der Waals surface area contributed by atoms with Gasteiger partial charge < -0.3 is 0 Å². The van der Waals surface area contributed by atoms with Crippen molar-refractivity contribution < 1.29 is 0 Å². The lowest BCUT2D eigenvalue weighted by Crippen LogP contribution is -2.25. The zero-order valence-corrected chi connectivity index (χ0v) is 10.2. The highest BCUT2D eigenvalue weighted by molar-refractivity contribution is 5.14. The molecular weight excluding hydrogens is 194 g/mol. The molecule has 1 saturated heterocycles. The molecule has 0 aromatic heterocycles. The first-order valence-electron chi connectivity index (χ1n) is 6.71. The van der Waals surface area contributed by atoms with Crippen molar-refractivity contribution >= 4 is 0 Å². The van der Waals surface area contributed by atoms with Crippen molar-refractivity contribution in [3.63, 3.8) is 0 Å². The second kappa shape index (κ2) is 6.70. The van der Waals surface area contributed by atoms with E-state index in [0.29, 0.717) is 0 Å². The molecule has 1 aliphatic rings. The minimum absolute atomic E-state index is 1.14. The van der Waals surface area contributed by atoms with E-state index in [0.717, 1.165) is 6.54 Å². The summed E-state index contributed by atoms with van der Waals surface area (Å²) in [6.07, 6.45) is 8.49. The average molecular weight is 217 g/mol. The first-order chi connectivity index (χ1) is 7.95. The minimum Gasteiger partial charge on any atom is -0.299 e. The van der Waals surface area contributed by atoms with Gasteiger partial charge in [0.1, 0.15) is 0 Å². The summed E-state index contributed by atoms with van der Waals surface area (Å²) in [7, 11) is 0. The largest absolute Gasteiger partial charge is 0.299 e. The standard InChI is InChI=1S/C15H23N/c1-2-4-9-13-16(12-8-3-1)14-15-10-6-5-7-11-15/h5-7,10-11H,1-4,8-9,12-14H2. The van der Waals surface area contributed by atoms with Gasteiger partial charge in [-0.25, -0.2) is 0 Å². The molecule has 1 heterocycles. The molecule has 0 N–H and O–H groups in total. The normalized spacial score (nSPS) is 19.8. The lowest BCUT2D eigenvalue weighted by atomic mass is 10.1. The maximum Gasteiger partial charge on any atom is 0.0233 e. The maximum atomic E-state index is 2.63. The van der Waals surface area contributed by atoms with E-state index in [2.05, 4.69) is 35.2 Å². The molecular formula is C15H23N. The number of nitrogens with zero attached hydrogens (tertiary/aromatic N) is 1. The van der Waals surface area contributed by atoms with Crippen molar-refractivity contribution in [2.45, 2.75) is 45.1 Å². The summed E-state index contributed by atoms with van der Waals surface area (Å²) in [5, 5.41) is 0. The fourth-order valence-electron chi connectivity index (χ4n) is 2.49. The first kappa shape index (κ1) is 11.7. The molecule has 0 atom stereocenters. The number of rotatable bonds is 2. The van der Waals surface area contributed by atoms with Crippen LogP contribution in [0.2, 0.25) is 0 Å². The van der Waals surface area contributed by atoms with Gasteiger partial charge in [0.2, 0.25) is 0 Å². The molecule has 0 amide bonds. The van der Waals surface area contributed by atoms with Crippen molar-refractivity contribution in [3.05, 3.63) is 35.9 Å². The quantitative estimate of drug-likeness (QED) is 0.727. The molecule has 1 aromatic carbocycles. The van der Waals surface area contributed by atoms with Crippen LogP contribution in [0.5, 0.6) is 0 Å². The van der Waals surface area contributed by atoms with Crippen molar-refractivity contribution in [1.82, 2.24) is 4.90 Å². The van der Waals surface area contributed by atoms with E-state index in [1.54, 1.807) is 0 Å². The van der Waals surface area contributed by atoms with E-state index < -0.39 is 0 Å². The van der Waals surface area contributed by atoms with Crippen LogP contribution < -0.4 is 0 Å². The van der Waals surface area contributed by atoms with Gasteiger partial charge in [0.05, 0.1) is 0 Å². The van der Waals surface area contributed by atoms with E-state index in [1.165, 1.54) is 57.2 Å². The monoisotopic (exact) mass is 217 g/mol. The van der Waals surface area contributed by atoms with Crippen LogP contribution in [0, 0.1) is 0 Å². The molecule has 0 bridgehead atoms. The lowest BCUT2D eigenvalue weighted by molar-refractivity contribution is 0.260. The molecule has 0 unspecified atom stereocenters. The second-order valence-corrected chi connectivity index (χ2v) is 4.88. The van der Waals surface area contributed by atoms with Gasteiger partial charge in [-0.15, -0.1) is 0 Å². The van der Waals surface area contributed by atoms with Crippen LogP contribution in [0.15, 0.2) is 30.3 Å². The molecule has 0 spiro atoms. The highest BCUT2D eigenvalue weighted by Gasteiger charge is 2.07. The molecule has 16 heavy (non-hydrogen) atoms. The molecule has 0 aliphatic carbocycles. The lowest BCUT2D eigenvalue weighted by Gasteiger charge is -2.21. The Balaban J connectivity index is 1.86. The Hall–Kier alpha value is -0.820. The summed E-state index contributed by atoms with van der Waals surface area (Å²) < 4.78 is 0. The third-order valence-corrected chi connectivity index (χ3v) is 3.45. The van der Waals surface area contributed by atoms with Gasteiger partial charge in [-0.3, -0.25) is 4.90 Å². The molecule has 1 fully saturated rings. The average Bonchev–Trinajstić information content (AvgIpc) is 2.45. The molecule has 0 saturated carbocycles.